The number of hydrogen-bond acceptors (Lipinski definition) is 5. The number of thioether (sulfide) groups is 1. The first-order valence-corrected chi connectivity index (χ1v) is 12.4. The van der Waals surface area contributed by atoms with Crippen molar-refractivity contribution >= 4 is 28.6 Å². The van der Waals surface area contributed by atoms with Crippen LogP contribution in [0.4, 0.5) is 8.78 Å². The van der Waals surface area contributed by atoms with Crippen LogP contribution in [0.25, 0.3) is 10.9 Å². The molecule has 0 radical (unpaired) electrons. The number of aromatic nitrogens is 2. The molecule has 34 heavy (non-hydrogen) atoms. The van der Waals surface area contributed by atoms with Crippen LogP contribution in [-0.4, -0.2) is 34.4 Å². The van der Waals surface area contributed by atoms with Gasteiger partial charge in [0.2, 0.25) is 5.91 Å². The van der Waals surface area contributed by atoms with Gasteiger partial charge in [0.15, 0.2) is 5.16 Å². The monoisotopic (exact) mass is 487 g/mol. The van der Waals surface area contributed by atoms with Crippen LogP contribution in [0.3, 0.4) is 0 Å². The van der Waals surface area contributed by atoms with Gasteiger partial charge in [-0.1, -0.05) is 55.3 Å². The van der Waals surface area contributed by atoms with Crippen LogP contribution in [0, 0.1) is 0 Å². The van der Waals surface area contributed by atoms with E-state index in [0.29, 0.717) is 29.0 Å². The number of hydrogen-bond donors (Lipinski definition) is 1. The number of alkyl halides is 2. The lowest BCUT2D eigenvalue weighted by molar-refractivity contribution is -0.118. The Morgan fingerprint density at radius 2 is 1.85 bits per heavy atom. The molecule has 3 aromatic rings. The second kappa shape index (κ2) is 11.5. The van der Waals surface area contributed by atoms with Crippen LogP contribution in [0.15, 0.2) is 58.5 Å². The van der Waals surface area contributed by atoms with Gasteiger partial charge in [0.05, 0.1) is 16.7 Å². The molecule has 0 atom stereocenters. The molecule has 1 N–H and O–H groups in total. The second-order valence-corrected chi connectivity index (χ2v) is 9.23. The number of nitrogens with zero attached hydrogens (tertiary/aromatic N) is 2. The molecule has 0 bridgehead atoms. The highest BCUT2D eigenvalue weighted by atomic mass is 32.2. The molecule has 1 amide bonds. The summed E-state index contributed by atoms with van der Waals surface area (Å²) in [6.07, 6.45) is 5.81. The zero-order valence-corrected chi connectivity index (χ0v) is 19.5. The van der Waals surface area contributed by atoms with Gasteiger partial charge in [0.1, 0.15) is 5.75 Å². The molecule has 6 nitrogen and oxygen atoms in total. The van der Waals surface area contributed by atoms with E-state index in [9.17, 15) is 18.4 Å². The molecule has 0 unspecified atom stereocenters. The number of halogens is 2. The molecular formula is C25H27F2N3O3S. The number of para-hydroxylation sites is 1. The summed E-state index contributed by atoms with van der Waals surface area (Å²) in [5, 5.41) is 4.06. The lowest BCUT2D eigenvalue weighted by Gasteiger charge is -2.26. The second-order valence-electron chi connectivity index (χ2n) is 8.29. The zero-order chi connectivity index (χ0) is 23.9. The van der Waals surface area contributed by atoms with E-state index in [1.54, 1.807) is 22.8 Å². The highest BCUT2D eigenvalue weighted by Gasteiger charge is 2.22. The van der Waals surface area contributed by atoms with E-state index in [2.05, 4.69) is 10.1 Å². The largest absolute Gasteiger partial charge is 0.435 e. The lowest BCUT2D eigenvalue weighted by Crippen LogP contribution is -2.30. The highest BCUT2D eigenvalue weighted by Crippen LogP contribution is 2.31. The fourth-order valence-corrected chi connectivity index (χ4v) is 5.15. The Kier molecular flexibility index (Phi) is 8.16. The van der Waals surface area contributed by atoms with Crippen LogP contribution < -0.4 is 15.6 Å². The molecular weight excluding hydrogens is 460 g/mol. The van der Waals surface area contributed by atoms with Crippen LogP contribution in [0.1, 0.15) is 43.7 Å². The van der Waals surface area contributed by atoms with Crippen molar-refractivity contribution in [1.29, 1.82) is 0 Å². The van der Waals surface area contributed by atoms with Crippen LogP contribution in [0.2, 0.25) is 0 Å². The maximum Gasteiger partial charge on any atom is 0.387 e. The maximum atomic E-state index is 13.3. The van der Waals surface area contributed by atoms with E-state index in [-0.39, 0.29) is 29.0 Å². The number of carbonyl (C=O) groups is 1. The van der Waals surface area contributed by atoms with Crippen molar-refractivity contribution in [3.8, 4) is 5.75 Å². The minimum absolute atomic E-state index is 0.0420. The average molecular weight is 488 g/mol. The molecule has 1 saturated carbocycles. The quantitative estimate of drug-likeness (QED) is 0.341. The SMILES string of the molecule is O=C(CSc1nc2ccccc2c(=O)n1C1CCCCC1)NCCc1ccc(OC(F)F)cc1. The van der Waals surface area contributed by atoms with Gasteiger partial charge >= 0.3 is 6.61 Å². The molecule has 1 aliphatic carbocycles. The molecule has 0 saturated heterocycles. The minimum Gasteiger partial charge on any atom is -0.435 e. The first-order valence-electron chi connectivity index (χ1n) is 11.5. The summed E-state index contributed by atoms with van der Waals surface area (Å²) in [6, 6.07) is 13.8. The van der Waals surface area contributed by atoms with E-state index in [4.69, 9.17) is 4.98 Å². The maximum absolute atomic E-state index is 13.3. The predicted molar refractivity (Wildman–Crippen MR) is 129 cm³/mol. The number of benzene rings is 2. The van der Waals surface area contributed by atoms with Crippen LogP contribution >= 0.6 is 11.8 Å². The van der Waals surface area contributed by atoms with Crippen LogP contribution in [-0.2, 0) is 11.2 Å². The third kappa shape index (κ3) is 6.14. The standard InChI is InChI=1S/C25H27F2N3O3S/c26-24(27)33-19-12-10-17(11-13-19)14-15-28-22(31)16-34-25-29-21-9-5-4-8-20(21)23(32)30(25)18-6-2-1-3-7-18/h4-5,8-13,18,24H,1-3,6-7,14-16H2,(H,28,31). The van der Waals surface area contributed by atoms with Crippen molar-refractivity contribution in [3.63, 3.8) is 0 Å². The van der Waals surface area contributed by atoms with Gasteiger partial charge in [-0.15, -0.1) is 0 Å². The molecule has 180 valence electrons. The number of amides is 1. The summed E-state index contributed by atoms with van der Waals surface area (Å²) < 4.78 is 30.6. The van der Waals surface area contributed by atoms with Crippen molar-refractivity contribution in [2.24, 2.45) is 0 Å². The first kappa shape index (κ1) is 24.2. The van der Waals surface area contributed by atoms with E-state index in [0.717, 1.165) is 31.2 Å². The van der Waals surface area contributed by atoms with Gasteiger partial charge in [0.25, 0.3) is 5.56 Å². The number of nitrogens with one attached hydrogen (secondary N) is 1. The molecule has 1 aromatic heterocycles. The summed E-state index contributed by atoms with van der Waals surface area (Å²) in [5.41, 5.74) is 1.50. The fraction of sp³-hybridized carbons (Fsp3) is 0.400. The molecule has 0 aliphatic heterocycles. The van der Waals surface area contributed by atoms with Gasteiger partial charge in [0, 0.05) is 12.6 Å². The van der Waals surface area contributed by atoms with E-state index < -0.39 is 6.61 Å². The summed E-state index contributed by atoms with van der Waals surface area (Å²) >= 11 is 1.28. The van der Waals surface area contributed by atoms with Crippen molar-refractivity contribution in [2.45, 2.75) is 56.3 Å². The van der Waals surface area contributed by atoms with Crippen LogP contribution in [0.5, 0.6) is 5.75 Å². The third-order valence-corrected chi connectivity index (χ3v) is 6.88. The summed E-state index contributed by atoms with van der Waals surface area (Å²) in [7, 11) is 0. The molecule has 2 aromatic carbocycles. The number of ether oxygens (including phenoxy) is 1. The lowest BCUT2D eigenvalue weighted by atomic mass is 9.95. The van der Waals surface area contributed by atoms with Gasteiger partial charge in [-0.05, 0) is 49.1 Å². The Labute approximate surface area is 200 Å². The Hall–Kier alpha value is -2.94. The Balaban J connectivity index is 1.37. The van der Waals surface area contributed by atoms with Crippen molar-refractivity contribution < 1.29 is 18.3 Å². The molecule has 9 heteroatoms. The van der Waals surface area contributed by atoms with Crippen molar-refractivity contribution in [1.82, 2.24) is 14.9 Å². The average Bonchev–Trinajstić information content (AvgIpc) is 2.84. The molecule has 0 spiro atoms. The highest BCUT2D eigenvalue weighted by molar-refractivity contribution is 7.99. The molecule has 1 aliphatic rings. The Morgan fingerprint density at radius 1 is 1.12 bits per heavy atom. The van der Waals surface area contributed by atoms with Gasteiger partial charge in [-0.2, -0.15) is 8.78 Å². The summed E-state index contributed by atoms with van der Waals surface area (Å²) in [5.74, 6) is 0.102. The number of rotatable bonds is 9. The number of carbonyl (C=O) groups excluding carboxylic acids is 1. The summed E-state index contributed by atoms with van der Waals surface area (Å²) in [4.78, 5) is 30.5. The van der Waals surface area contributed by atoms with Gasteiger partial charge in [-0.25, -0.2) is 4.98 Å². The topological polar surface area (TPSA) is 73.2 Å². The fourth-order valence-electron chi connectivity index (χ4n) is 4.25. The van der Waals surface area contributed by atoms with Gasteiger partial charge < -0.3 is 10.1 Å². The van der Waals surface area contributed by atoms with E-state index >= 15 is 0 Å². The summed E-state index contributed by atoms with van der Waals surface area (Å²) in [6.45, 7) is -2.44. The molecule has 4 rings (SSSR count). The zero-order valence-electron chi connectivity index (χ0n) is 18.7. The molecule has 1 fully saturated rings. The smallest absolute Gasteiger partial charge is 0.387 e. The number of fused-ring (bicyclic) bond motifs is 1. The Morgan fingerprint density at radius 3 is 2.59 bits per heavy atom. The molecule has 1 heterocycles. The Bertz CT molecular complexity index is 1180. The minimum atomic E-state index is -2.85. The van der Waals surface area contributed by atoms with E-state index in [1.807, 2.05) is 18.2 Å². The predicted octanol–water partition coefficient (Wildman–Crippen LogP) is 4.95. The van der Waals surface area contributed by atoms with Gasteiger partial charge in [-0.3, -0.25) is 14.2 Å². The normalized spacial score (nSPS) is 14.4. The van der Waals surface area contributed by atoms with Crippen molar-refractivity contribution in [3.05, 3.63) is 64.4 Å². The third-order valence-electron chi connectivity index (χ3n) is 5.93. The van der Waals surface area contributed by atoms with E-state index in [1.165, 1.54) is 30.3 Å². The first-order chi connectivity index (χ1) is 16.5. The van der Waals surface area contributed by atoms with Crippen molar-refractivity contribution in [2.75, 3.05) is 12.3 Å².